The molecule has 3 aromatic rings. The van der Waals surface area contributed by atoms with Crippen LogP contribution in [0.5, 0.6) is 0 Å². The molecule has 2 aromatic carbocycles. The van der Waals surface area contributed by atoms with Crippen molar-refractivity contribution in [1.82, 2.24) is 4.98 Å². The number of aromatic nitrogens is 1. The van der Waals surface area contributed by atoms with Crippen molar-refractivity contribution in [2.24, 2.45) is 0 Å². The van der Waals surface area contributed by atoms with E-state index in [0.717, 1.165) is 21.3 Å². The summed E-state index contributed by atoms with van der Waals surface area (Å²) in [7, 11) is 0. The first-order valence-electron chi connectivity index (χ1n) is 7.73. The number of nitrogens with zero attached hydrogens (tertiary/aromatic N) is 1. The van der Waals surface area contributed by atoms with Gasteiger partial charge < -0.3 is 0 Å². The van der Waals surface area contributed by atoms with Gasteiger partial charge in [0.1, 0.15) is 0 Å². The molecule has 3 rings (SSSR count). The van der Waals surface area contributed by atoms with E-state index in [2.05, 4.69) is 36.3 Å². The van der Waals surface area contributed by atoms with Crippen molar-refractivity contribution >= 4 is 32.6 Å². The number of carbonyl (C=O) groups is 1. The molecule has 0 bridgehead atoms. The maximum Gasteiger partial charge on any atom is 0.257 e. The van der Waals surface area contributed by atoms with E-state index >= 15 is 0 Å². The molecule has 0 fully saturated rings. The number of amides is 1. The number of hydrogen-bond donors (Lipinski definition) is 1. The van der Waals surface area contributed by atoms with E-state index in [9.17, 15) is 4.79 Å². The van der Waals surface area contributed by atoms with Crippen LogP contribution >= 0.6 is 11.3 Å². The Kier molecular flexibility index (Phi) is 4.18. The molecule has 0 aliphatic rings. The number of hydrogen-bond acceptors (Lipinski definition) is 3. The Labute approximate surface area is 140 Å². The zero-order chi connectivity index (χ0) is 16.6. The second-order valence-electron chi connectivity index (χ2n) is 6.17. The van der Waals surface area contributed by atoms with Crippen LogP contribution in [0.2, 0.25) is 0 Å². The summed E-state index contributed by atoms with van der Waals surface area (Å²) < 4.78 is 1.10. The van der Waals surface area contributed by atoms with Gasteiger partial charge in [0, 0.05) is 5.56 Å². The fraction of sp³-hybridized carbons (Fsp3) is 0.263. The predicted octanol–water partition coefficient (Wildman–Crippen LogP) is 5.29. The van der Waals surface area contributed by atoms with Gasteiger partial charge in [0.05, 0.1) is 10.2 Å². The molecule has 4 heteroatoms. The Balaban J connectivity index is 1.89. The number of anilines is 1. The number of nitrogens with one attached hydrogen (secondary N) is 1. The van der Waals surface area contributed by atoms with Crippen molar-refractivity contribution in [3.8, 4) is 0 Å². The van der Waals surface area contributed by atoms with E-state index < -0.39 is 0 Å². The third-order valence-electron chi connectivity index (χ3n) is 3.94. The molecule has 0 saturated heterocycles. The third-order valence-corrected chi connectivity index (χ3v) is 4.87. The summed E-state index contributed by atoms with van der Waals surface area (Å²) in [6, 6.07) is 12.2. The zero-order valence-electron chi connectivity index (χ0n) is 13.8. The first-order valence-corrected chi connectivity index (χ1v) is 8.55. The van der Waals surface area contributed by atoms with Gasteiger partial charge in [0.25, 0.3) is 5.91 Å². The number of rotatable bonds is 3. The van der Waals surface area contributed by atoms with Crippen LogP contribution in [0.3, 0.4) is 0 Å². The van der Waals surface area contributed by atoms with E-state index in [0.29, 0.717) is 16.6 Å². The molecule has 0 atom stereocenters. The molecule has 0 unspecified atom stereocenters. The molecular formula is C19H20N2OS. The maximum absolute atomic E-state index is 12.5. The van der Waals surface area contributed by atoms with Gasteiger partial charge in [-0.25, -0.2) is 4.98 Å². The largest absolute Gasteiger partial charge is 0.298 e. The summed E-state index contributed by atoms with van der Waals surface area (Å²) >= 11 is 1.52. The number of fused-ring (bicyclic) bond motifs is 1. The van der Waals surface area contributed by atoms with E-state index in [1.54, 1.807) is 0 Å². The predicted molar refractivity (Wildman–Crippen MR) is 97.6 cm³/mol. The smallest absolute Gasteiger partial charge is 0.257 e. The van der Waals surface area contributed by atoms with Crippen molar-refractivity contribution in [1.29, 1.82) is 0 Å². The Morgan fingerprint density at radius 3 is 2.65 bits per heavy atom. The second-order valence-corrected chi connectivity index (χ2v) is 7.20. The van der Waals surface area contributed by atoms with Crippen LogP contribution in [0.15, 0.2) is 36.4 Å². The van der Waals surface area contributed by atoms with E-state index in [-0.39, 0.29) is 5.91 Å². The lowest BCUT2D eigenvalue weighted by atomic mass is 10.0. The SMILES string of the molecule is Cc1ccc(C)c(C(=O)Nc2nc3ccc(C(C)C)cc3s2)c1. The highest BCUT2D eigenvalue weighted by atomic mass is 32.1. The van der Waals surface area contributed by atoms with Gasteiger partial charge in [-0.1, -0.05) is 48.9 Å². The fourth-order valence-corrected chi connectivity index (χ4v) is 3.41. The first kappa shape index (κ1) is 15.7. The summed E-state index contributed by atoms with van der Waals surface area (Å²) in [5.74, 6) is 0.379. The highest BCUT2D eigenvalue weighted by Crippen LogP contribution is 2.29. The average Bonchev–Trinajstić information content (AvgIpc) is 2.90. The van der Waals surface area contributed by atoms with E-state index in [4.69, 9.17) is 0 Å². The van der Waals surface area contributed by atoms with Crippen LogP contribution in [-0.4, -0.2) is 10.9 Å². The summed E-state index contributed by atoms with van der Waals surface area (Å²) in [6.45, 7) is 8.28. The number of carbonyl (C=O) groups excluding carboxylic acids is 1. The van der Waals surface area contributed by atoms with Crippen molar-refractivity contribution in [3.05, 3.63) is 58.7 Å². The van der Waals surface area contributed by atoms with Gasteiger partial charge in [-0.2, -0.15) is 0 Å². The van der Waals surface area contributed by atoms with Crippen molar-refractivity contribution in [2.75, 3.05) is 5.32 Å². The summed E-state index contributed by atoms with van der Waals surface area (Å²) in [6.07, 6.45) is 0. The first-order chi connectivity index (χ1) is 10.9. The van der Waals surface area contributed by atoms with Crippen molar-refractivity contribution < 1.29 is 4.79 Å². The van der Waals surface area contributed by atoms with Crippen LogP contribution in [0.25, 0.3) is 10.2 Å². The van der Waals surface area contributed by atoms with Crippen molar-refractivity contribution in [3.63, 3.8) is 0 Å². The molecule has 1 amide bonds. The van der Waals surface area contributed by atoms with Gasteiger partial charge in [-0.05, 0) is 49.1 Å². The normalized spacial score (nSPS) is 11.2. The molecule has 118 valence electrons. The lowest BCUT2D eigenvalue weighted by Crippen LogP contribution is -2.13. The van der Waals surface area contributed by atoms with Gasteiger partial charge in [0.2, 0.25) is 0 Å². The molecule has 0 saturated carbocycles. The minimum absolute atomic E-state index is 0.102. The number of aryl methyl sites for hydroxylation is 2. The van der Waals surface area contributed by atoms with E-state index in [1.165, 1.54) is 16.9 Å². The molecular weight excluding hydrogens is 304 g/mol. The van der Waals surface area contributed by atoms with Gasteiger partial charge in [-0.3, -0.25) is 10.1 Å². The molecule has 23 heavy (non-hydrogen) atoms. The zero-order valence-corrected chi connectivity index (χ0v) is 14.6. The van der Waals surface area contributed by atoms with Crippen LogP contribution < -0.4 is 5.32 Å². The molecule has 1 heterocycles. The van der Waals surface area contributed by atoms with Crippen LogP contribution in [0.4, 0.5) is 5.13 Å². The molecule has 0 aliphatic heterocycles. The van der Waals surface area contributed by atoms with Crippen LogP contribution in [0, 0.1) is 13.8 Å². The minimum atomic E-state index is -0.102. The third kappa shape index (κ3) is 3.27. The van der Waals surface area contributed by atoms with Gasteiger partial charge >= 0.3 is 0 Å². The number of benzene rings is 2. The molecule has 1 N–H and O–H groups in total. The summed E-state index contributed by atoms with van der Waals surface area (Å²) in [4.78, 5) is 17.0. The summed E-state index contributed by atoms with van der Waals surface area (Å²) in [5.41, 5.74) is 4.96. The summed E-state index contributed by atoms with van der Waals surface area (Å²) in [5, 5.41) is 3.58. The Bertz CT molecular complexity index is 880. The Morgan fingerprint density at radius 2 is 1.91 bits per heavy atom. The second kappa shape index (κ2) is 6.13. The molecule has 0 radical (unpaired) electrons. The van der Waals surface area contributed by atoms with Crippen LogP contribution in [-0.2, 0) is 0 Å². The maximum atomic E-state index is 12.5. The minimum Gasteiger partial charge on any atom is -0.298 e. The molecule has 0 aliphatic carbocycles. The van der Waals surface area contributed by atoms with Gasteiger partial charge in [0.15, 0.2) is 5.13 Å². The molecule has 1 aromatic heterocycles. The Morgan fingerprint density at radius 1 is 1.13 bits per heavy atom. The van der Waals surface area contributed by atoms with Crippen LogP contribution in [0.1, 0.15) is 46.8 Å². The van der Waals surface area contributed by atoms with Gasteiger partial charge in [-0.15, -0.1) is 0 Å². The molecule has 3 nitrogen and oxygen atoms in total. The number of thiazole rings is 1. The highest BCUT2D eigenvalue weighted by molar-refractivity contribution is 7.22. The van der Waals surface area contributed by atoms with Crippen molar-refractivity contribution in [2.45, 2.75) is 33.6 Å². The topological polar surface area (TPSA) is 42.0 Å². The standard InChI is InChI=1S/C19H20N2OS/c1-11(2)14-7-8-16-17(10-14)23-19(20-16)21-18(22)15-9-12(3)5-6-13(15)4/h5-11H,1-4H3,(H,20,21,22). The fourth-order valence-electron chi connectivity index (χ4n) is 2.50. The molecule has 0 spiro atoms. The lowest BCUT2D eigenvalue weighted by Gasteiger charge is -2.06. The Hall–Kier alpha value is -2.20. The highest BCUT2D eigenvalue weighted by Gasteiger charge is 2.13. The average molecular weight is 324 g/mol. The lowest BCUT2D eigenvalue weighted by molar-refractivity contribution is 0.102. The van der Waals surface area contributed by atoms with E-state index in [1.807, 2.05) is 38.1 Å². The quantitative estimate of drug-likeness (QED) is 0.711. The monoisotopic (exact) mass is 324 g/mol.